The van der Waals surface area contributed by atoms with Crippen LogP contribution in [0, 0.1) is 6.92 Å². The highest BCUT2D eigenvalue weighted by Crippen LogP contribution is 2.66. The van der Waals surface area contributed by atoms with Crippen LogP contribution in [0.5, 0.6) is 0 Å². The fourth-order valence-electron chi connectivity index (χ4n) is 4.15. The molecule has 4 unspecified atom stereocenters. The summed E-state index contributed by atoms with van der Waals surface area (Å²) in [5, 5.41) is 0. The summed E-state index contributed by atoms with van der Waals surface area (Å²) < 4.78 is 66.5. The number of benzene rings is 1. The number of hydrogen-bond acceptors (Lipinski definition) is 12. The number of nitrogens with one attached hydrogen (secondary N) is 1. The predicted octanol–water partition coefficient (Wildman–Crippen LogP) is 1.15. The molecule has 0 aliphatic carbocycles. The molecule has 5 rings (SSSR count). The molecular formula is C18H21N4O14P3. The van der Waals surface area contributed by atoms with Crippen molar-refractivity contribution < 1.29 is 60.6 Å². The van der Waals surface area contributed by atoms with E-state index in [9.17, 15) is 28.3 Å². The highest BCUT2D eigenvalue weighted by Gasteiger charge is 2.55. The van der Waals surface area contributed by atoms with Crippen molar-refractivity contribution in [2.75, 3.05) is 6.61 Å². The third kappa shape index (κ3) is 6.29. The van der Waals surface area contributed by atoms with Gasteiger partial charge in [-0.1, -0.05) is 30.3 Å². The number of nitrogens with zero attached hydrogens (tertiary/aromatic N) is 3. The number of aromatic nitrogens is 4. The van der Waals surface area contributed by atoms with Gasteiger partial charge in [0.25, 0.3) is 5.56 Å². The van der Waals surface area contributed by atoms with Crippen LogP contribution in [-0.2, 0) is 41.1 Å². The van der Waals surface area contributed by atoms with Gasteiger partial charge in [-0.15, -0.1) is 0 Å². The van der Waals surface area contributed by atoms with Crippen molar-refractivity contribution >= 4 is 34.6 Å². The Bertz CT molecular complexity index is 1570. The van der Waals surface area contributed by atoms with E-state index < -0.39 is 66.5 Å². The predicted molar refractivity (Wildman–Crippen MR) is 126 cm³/mol. The quantitative estimate of drug-likeness (QED) is 0.213. The van der Waals surface area contributed by atoms with Crippen molar-refractivity contribution in [1.29, 1.82) is 0 Å². The van der Waals surface area contributed by atoms with Crippen LogP contribution in [0.2, 0.25) is 0 Å². The van der Waals surface area contributed by atoms with E-state index in [0.29, 0.717) is 11.4 Å². The monoisotopic (exact) mass is 610 g/mol. The van der Waals surface area contributed by atoms with Gasteiger partial charge in [0.1, 0.15) is 24.1 Å². The molecule has 0 saturated carbocycles. The Hall–Kier alpha value is -2.14. The minimum atomic E-state index is -5.71. The standard InChI is InChI=1S/C18H21N4O14P3/c1-9-20-15-12(16(23)21-9)19-8-22(15)17-14-13(33-18(34-14)10-5-3-2-4-6-10)11(32-17)7-31-38(27,28)36-39(29,30)35-37(24,25)26/h2-6,8,11,13-14,17-18H,7H2,1H3,(H,27,28)(H,29,30)(H,20,21,23)(H2,24,25,26)/t11-,13+,14?,17-,18?/m1/s1. The second-order valence-electron chi connectivity index (χ2n) is 8.37. The van der Waals surface area contributed by atoms with Gasteiger partial charge in [-0.2, -0.15) is 8.62 Å². The average Bonchev–Trinajstić information content (AvgIpc) is 3.50. The molecule has 21 heteroatoms. The number of phosphoric ester groups is 1. The Morgan fingerprint density at radius 1 is 1.00 bits per heavy atom. The summed E-state index contributed by atoms with van der Waals surface area (Å²) in [4.78, 5) is 59.9. The van der Waals surface area contributed by atoms with Gasteiger partial charge in [0, 0.05) is 5.56 Å². The molecule has 0 radical (unpaired) electrons. The molecule has 18 nitrogen and oxygen atoms in total. The lowest BCUT2D eigenvalue weighted by atomic mass is 10.1. The van der Waals surface area contributed by atoms with Crippen LogP contribution in [0.4, 0.5) is 0 Å². The van der Waals surface area contributed by atoms with Gasteiger partial charge in [0.2, 0.25) is 0 Å². The summed E-state index contributed by atoms with van der Waals surface area (Å²) in [6.45, 7) is 0.800. The molecule has 2 aromatic heterocycles. The molecule has 2 saturated heterocycles. The molecule has 0 amide bonds. The molecule has 2 fully saturated rings. The smallest absolute Gasteiger partial charge is 0.347 e. The minimum absolute atomic E-state index is 0.0241. The molecule has 2 aliphatic heterocycles. The number of hydrogen-bond donors (Lipinski definition) is 5. The first-order chi connectivity index (χ1) is 18.2. The number of aryl methyl sites for hydroxylation is 1. The van der Waals surface area contributed by atoms with Crippen LogP contribution in [0.3, 0.4) is 0 Å². The van der Waals surface area contributed by atoms with Crippen LogP contribution < -0.4 is 5.56 Å². The normalized spacial score (nSPS) is 28.3. The molecule has 39 heavy (non-hydrogen) atoms. The maximum Gasteiger partial charge on any atom is 0.490 e. The van der Waals surface area contributed by atoms with E-state index in [-0.39, 0.29) is 11.2 Å². The second-order valence-corrected chi connectivity index (χ2v) is 12.8. The minimum Gasteiger partial charge on any atom is -0.347 e. The van der Waals surface area contributed by atoms with Crippen molar-refractivity contribution in [3.05, 3.63) is 58.4 Å². The Morgan fingerprint density at radius 2 is 1.69 bits per heavy atom. The van der Waals surface area contributed by atoms with Crippen LogP contribution in [0.1, 0.15) is 23.9 Å². The molecule has 0 spiro atoms. The Labute approximate surface area is 217 Å². The molecular weight excluding hydrogens is 589 g/mol. The lowest BCUT2D eigenvalue weighted by Gasteiger charge is -2.22. The first kappa shape index (κ1) is 28.4. The van der Waals surface area contributed by atoms with Gasteiger partial charge in [-0.3, -0.25) is 13.9 Å². The zero-order chi connectivity index (χ0) is 28.2. The molecule has 212 valence electrons. The number of ether oxygens (including phenoxy) is 3. The summed E-state index contributed by atoms with van der Waals surface area (Å²) in [6.07, 6.45) is -3.56. The van der Waals surface area contributed by atoms with E-state index in [2.05, 4.69) is 23.6 Å². The van der Waals surface area contributed by atoms with Crippen LogP contribution in [0.15, 0.2) is 41.5 Å². The van der Waals surface area contributed by atoms with E-state index in [1.165, 1.54) is 10.9 Å². The Balaban J connectivity index is 1.40. The number of imidazole rings is 1. The maximum absolute atomic E-state index is 12.3. The number of phosphoric acid groups is 3. The molecule has 0 bridgehead atoms. The Kier molecular flexibility index (Phi) is 7.54. The first-order valence-electron chi connectivity index (χ1n) is 10.9. The number of rotatable bonds is 9. The van der Waals surface area contributed by atoms with Gasteiger partial charge in [0.15, 0.2) is 23.7 Å². The third-order valence-corrected chi connectivity index (χ3v) is 9.36. The number of H-pyrrole nitrogens is 1. The molecule has 4 heterocycles. The molecule has 7 atom stereocenters. The van der Waals surface area contributed by atoms with Gasteiger partial charge < -0.3 is 38.8 Å². The number of fused-ring (bicyclic) bond motifs is 2. The van der Waals surface area contributed by atoms with Gasteiger partial charge in [-0.05, 0) is 6.92 Å². The van der Waals surface area contributed by atoms with Crippen molar-refractivity contribution in [2.24, 2.45) is 0 Å². The summed E-state index contributed by atoms with van der Waals surface area (Å²) in [5.74, 6) is 0.304. The molecule has 3 aromatic rings. The molecule has 2 aliphatic rings. The van der Waals surface area contributed by atoms with Gasteiger partial charge in [0.05, 0.1) is 12.9 Å². The summed E-state index contributed by atoms with van der Waals surface area (Å²) in [6, 6.07) is 8.82. The van der Waals surface area contributed by atoms with E-state index in [4.69, 9.17) is 28.5 Å². The zero-order valence-electron chi connectivity index (χ0n) is 19.6. The molecule has 1 aromatic carbocycles. The van der Waals surface area contributed by atoms with Crippen LogP contribution in [0.25, 0.3) is 11.2 Å². The summed E-state index contributed by atoms with van der Waals surface area (Å²) >= 11 is 0. The Morgan fingerprint density at radius 3 is 2.38 bits per heavy atom. The highest BCUT2D eigenvalue weighted by atomic mass is 31.3. The summed E-state index contributed by atoms with van der Waals surface area (Å²) in [7, 11) is -16.7. The van der Waals surface area contributed by atoms with Crippen LogP contribution in [-0.4, -0.2) is 64.0 Å². The lowest BCUT2D eigenvalue weighted by Crippen LogP contribution is -2.31. The van der Waals surface area contributed by atoms with Gasteiger partial charge >= 0.3 is 23.5 Å². The van der Waals surface area contributed by atoms with Crippen molar-refractivity contribution in [1.82, 2.24) is 19.5 Å². The van der Waals surface area contributed by atoms with Gasteiger partial charge in [-0.25, -0.2) is 23.7 Å². The third-order valence-electron chi connectivity index (χ3n) is 5.56. The lowest BCUT2D eigenvalue weighted by molar-refractivity contribution is -0.152. The fraction of sp³-hybridized carbons (Fsp3) is 0.389. The molecule has 5 N–H and O–H groups in total. The van der Waals surface area contributed by atoms with Crippen molar-refractivity contribution in [2.45, 2.75) is 37.8 Å². The van der Waals surface area contributed by atoms with E-state index in [1.54, 1.807) is 37.3 Å². The summed E-state index contributed by atoms with van der Waals surface area (Å²) in [5.41, 5.74) is 0.357. The topological polar surface area (TPSA) is 251 Å². The second kappa shape index (κ2) is 10.4. The first-order valence-corrected chi connectivity index (χ1v) is 15.5. The number of aromatic amines is 1. The van der Waals surface area contributed by atoms with E-state index in [0.717, 1.165) is 0 Å². The maximum atomic E-state index is 12.3. The largest absolute Gasteiger partial charge is 0.490 e. The highest BCUT2D eigenvalue weighted by molar-refractivity contribution is 7.66. The van der Waals surface area contributed by atoms with E-state index >= 15 is 0 Å². The van der Waals surface area contributed by atoms with Crippen molar-refractivity contribution in [3.63, 3.8) is 0 Å². The fourth-order valence-corrected chi connectivity index (χ4v) is 7.18. The van der Waals surface area contributed by atoms with Crippen molar-refractivity contribution in [3.8, 4) is 0 Å². The van der Waals surface area contributed by atoms with E-state index in [1.807, 2.05) is 0 Å². The SMILES string of the molecule is Cc1nc2c(ncn2[C@@H]2O[C@H](COP(=O)(O)OP(=O)(O)OP(=O)(O)O)[C@@H]3OC(c4ccccc4)OC32)c(=O)[nH]1. The van der Waals surface area contributed by atoms with Crippen LogP contribution >= 0.6 is 23.5 Å². The zero-order valence-corrected chi connectivity index (χ0v) is 22.3. The average molecular weight is 610 g/mol.